The SMILES string of the molecule is CC(C)c1ccc(CN2CC3CCCC3C2)cc1. The average molecular weight is 243 g/mol. The number of hydrogen-bond acceptors (Lipinski definition) is 1. The topological polar surface area (TPSA) is 3.24 Å². The molecule has 2 atom stereocenters. The fraction of sp³-hybridized carbons (Fsp3) is 0.647. The van der Waals surface area contributed by atoms with Crippen LogP contribution in [-0.4, -0.2) is 18.0 Å². The molecule has 18 heavy (non-hydrogen) atoms. The zero-order valence-electron chi connectivity index (χ0n) is 11.7. The number of fused-ring (bicyclic) bond motifs is 1. The molecule has 0 radical (unpaired) electrons. The van der Waals surface area contributed by atoms with Gasteiger partial charge in [-0.25, -0.2) is 0 Å². The first-order valence-corrected chi connectivity index (χ1v) is 7.53. The summed E-state index contributed by atoms with van der Waals surface area (Å²) in [6.07, 6.45) is 4.44. The standard InChI is InChI=1S/C17H25N/c1-13(2)15-8-6-14(7-9-15)10-18-11-16-4-3-5-17(16)12-18/h6-9,13,16-17H,3-5,10-12H2,1-2H3. The number of likely N-dealkylation sites (tertiary alicyclic amines) is 1. The number of rotatable bonds is 3. The summed E-state index contributed by atoms with van der Waals surface area (Å²) in [5.74, 6) is 2.67. The second kappa shape index (κ2) is 5.05. The van der Waals surface area contributed by atoms with E-state index in [4.69, 9.17) is 0 Å². The molecule has 1 aliphatic carbocycles. The number of nitrogens with zero attached hydrogens (tertiary/aromatic N) is 1. The van der Waals surface area contributed by atoms with Crippen LogP contribution >= 0.6 is 0 Å². The van der Waals surface area contributed by atoms with E-state index in [0.717, 1.165) is 18.4 Å². The van der Waals surface area contributed by atoms with Gasteiger partial charge in [0, 0.05) is 19.6 Å². The minimum Gasteiger partial charge on any atom is -0.299 e. The summed E-state index contributed by atoms with van der Waals surface area (Å²) in [6.45, 7) is 8.37. The highest BCUT2D eigenvalue weighted by Crippen LogP contribution is 2.38. The Hall–Kier alpha value is -0.820. The van der Waals surface area contributed by atoms with E-state index in [0.29, 0.717) is 5.92 Å². The van der Waals surface area contributed by atoms with Crippen LogP contribution in [0, 0.1) is 11.8 Å². The van der Waals surface area contributed by atoms with Gasteiger partial charge in [-0.3, -0.25) is 4.90 Å². The maximum absolute atomic E-state index is 2.67. The first-order valence-electron chi connectivity index (χ1n) is 7.53. The molecule has 0 N–H and O–H groups in total. The number of benzene rings is 1. The van der Waals surface area contributed by atoms with Crippen LogP contribution in [0.4, 0.5) is 0 Å². The second-order valence-corrected chi connectivity index (χ2v) is 6.54. The molecule has 1 aromatic rings. The molecular weight excluding hydrogens is 218 g/mol. The summed E-state index contributed by atoms with van der Waals surface area (Å²) in [7, 11) is 0. The quantitative estimate of drug-likeness (QED) is 0.774. The van der Waals surface area contributed by atoms with E-state index in [1.165, 1.54) is 43.5 Å². The van der Waals surface area contributed by atoms with E-state index in [1.54, 1.807) is 0 Å². The smallest absolute Gasteiger partial charge is 0.0233 e. The first-order chi connectivity index (χ1) is 8.72. The Morgan fingerprint density at radius 1 is 1.06 bits per heavy atom. The molecule has 1 aromatic carbocycles. The van der Waals surface area contributed by atoms with E-state index in [1.807, 2.05) is 0 Å². The van der Waals surface area contributed by atoms with Crippen LogP contribution in [0.3, 0.4) is 0 Å². The lowest BCUT2D eigenvalue weighted by atomic mass is 10.0. The number of hydrogen-bond donors (Lipinski definition) is 0. The molecule has 0 spiro atoms. The Kier molecular flexibility index (Phi) is 3.43. The Balaban J connectivity index is 1.60. The summed E-state index contributed by atoms with van der Waals surface area (Å²) >= 11 is 0. The molecule has 2 fully saturated rings. The van der Waals surface area contributed by atoms with Gasteiger partial charge in [0.15, 0.2) is 0 Å². The molecule has 0 amide bonds. The molecule has 2 aliphatic rings. The van der Waals surface area contributed by atoms with Crippen LogP contribution in [0.1, 0.15) is 50.2 Å². The summed E-state index contributed by atoms with van der Waals surface area (Å²) in [6, 6.07) is 9.25. The van der Waals surface area contributed by atoms with Gasteiger partial charge >= 0.3 is 0 Å². The summed E-state index contributed by atoms with van der Waals surface area (Å²) < 4.78 is 0. The van der Waals surface area contributed by atoms with Crippen molar-refractivity contribution in [2.75, 3.05) is 13.1 Å². The second-order valence-electron chi connectivity index (χ2n) is 6.54. The van der Waals surface area contributed by atoms with Crippen LogP contribution in [0.15, 0.2) is 24.3 Å². The molecule has 0 aromatic heterocycles. The van der Waals surface area contributed by atoms with E-state index in [2.05, 4.69) is 43.0 Å². The lowest BCUT2D eigenvalue weighted by molar-refractivity contribution is 0.303. The van der Waals surface area contributed by atoms with Crippen molar-refractivity contribution >= 4 is 0 Å². The highest BCUT2D eigenvalue weighted by Gasteiger charge is 2.35. The van der Waals surface area contributed by atoms with Crippen molar-refractivity contribution in [1.29, 1.82) is 0 Å². The molecule has 1 heterocycles. The van der Waals surface area contributed by atoms with E-state index in [-0.39, 0.29) is 0 Å². The first kappa shape index (κ1) is 12.2. The normalized spacial score (nSPS) is 27.9. The zero-order valence-corrected chi connectivity index (χ0v) is 11.7. The molecule has 1 nitrogen and oxygen atoms in total. The third-order valence-corrected chi connectivity index (χ3v) is 4.85. The minimum absolute atomic E-state index is 0.644. The van der Waals surface area contributed by atoms with Gasteiger partial charge < -0.3 is 0 Å². The largest absolute Gasteiger partial charge is 0.299 e. The maximum Gasteiger partial charge on any atom is 0.0233 e. The van der Waals surface area contributed by atoms with Crippen molar-refractivity contribution in [3.63, 3.8) is 0 Å². The molecular formula is C17H25N. The lowest BCUT2D eigenvalue weighted by Crippen LogP contribution is -2.21. The fourth-order valence-corrected chi connectivity index (χ4v) is 3.73. The molecule has 98 valence electrons. The van der Waals surface area contributed by atoms with Crippen molar-refractivity contribution < 1.29 is 0 Å². The van der Waals surface area contributed by atoms with Crippen LogP contribution in [0.2, 0.25) is 0 Å². The Labute approximate surface area is 111 Å². The van der Waals surface area contributed by atoms with Crippen LogP contribution in [0.25, 0.3) is 0 Å². The van der Waals surface area contributed by atoms with Crippen LogP contribution < -0.4 is 0 Å². The van der Waals surface area contributed by atoms with Crippen molar-refractivity contribution in [3.8, 4) is 0 Å². The predicted molar refractivity (Wildman–Crippen MR) is 76.6 cm³/mol. The van der Waals surface area contributed by atoms with Gasteiger partial charge in [0.25, 0.3) is 0 Å². The third-order valence-electron chi connectivity index (χ3n) is 4.85. The van der Waals surface area contributed by atoms with Gasteiger partial charge in [-0.1, -0.05) is 44.5 Å². The molecule has 3 rings (SSSR count). The molecule has 1 saturated heterocycles. The van der Waals surface area contributed by atoms with Crippen molar-refractivity contribution in [2.24, 2.45) is 11.8 Å². The van der Waals surface area contributed by atoms with Gasteiger partial charge in [0.2, 0.25) is 0 Å². The Morgan fingerprint density at radius 2 is 1.67 bits per heavy atom. The van der Waals surface area contributed by atoms with Gasteiger partial charge in [-0.2, -0.15) is 0 Å². The van der Waals surface area contributed by atoms with Crippen molar-refractivity contribution in [3.05, 3.63) is 35.4 Å². The predicted octanol–water partition coefficient (Wildman–Crippen LogP) is 4.04. The third kappa shape index (κ3) is 2.47. The summed E-state index contributed by atoms with van der Waals surface area (Å²) in [5.41, 5.74) is 2.94. The van der Waals surface area contributed by atoms with Crippen LogP contribution in [-0.2, 0) is 6.54 Å². The highest BCUT2D eigenvalue weighted by molar-refractivity contribution is 5.24. The van der Waals surface area contributed by atoms with E-state index >= 15 is 0 Å². The van der Waals surface area contributed by atoms with E-state index < -0.39 is 0 Å². The Morgan fingerprint density at radius 3 is 2.22 bits per heavy atom. The molecule has 0 bridgehead atoms. The lowest BCUT2D eigenvalue weighted by Gasteiger charge is -2.17. The zero-order chi connectivity index (χ0) is 12.5. The molecule has 2 unspecified atom stereocenters. The summed E-state index contributed by atoms with van der Waals surface area (Å²) in [4.78, 5) is 2.67. The van der Waals surface area contributed by atoms with Crippen molar-refractivity contribution in [2.45, 2.75) is 45.6 Å². The van der Waals surface area contributed by atoms with Gasteiger partial charge in [0.05, 0.1) is 0 Å². The van der Waals surface area contributed by atoms with Gasteiger partial charge in [-0.05, 0) is 41.7 Å². The summed E-state index contributed by atoms with van der Waals surface area (Å²) in [5, 5.41) is 0. The Bertz CT molecular complexity index is 381. The van der Waals surface area contributed by atoms with Gasteiger partial charge in [-0.15, -0.1) is 0 Å². The minimum atomic E-state index is 0.644. The van der Waals surface area contributed by atoms with Crippen LogP contribution in [0.5, 0.6) is 0 Å². The molecule has 1 aliphatic heterocycles. The maximum atomic E-state index is 2.67. The monoisotopic (exact) mass is 243 g/mol. The van der Waals surface area contributed by atoms with Crippen molar-refractivity contribution in [1.82, 2.24) is 4.90 Å². The molecule has 1 saturated carbocycles. The fourth-order valence-electron chi connectivity index (χ4n) is 3.73. The molecule has 1 heteroatoms. The van der Waals surface area contributed by atoms with E-state index in [9.17, 15) is 0 Å². The highest BCUT2D eigenvalue weighted by atomic mass is 15.2. The van der Waals surface area contributed by atoms with Gasteiger partial charge in [0.1, 0.15) is 0 Å². The average Bonchev–Trinajstić information content (AvgIpc) is 2.90.